The Labute approximate surface area is 121 Å². The van der Waals surface area contributed by atoms with Crippen molar-refractivity contribution in [2.24, 2.45) is 0 Å². The molecule has 6 nitrogen and oxygen atoms in total. The van der Waals surface area contributed by atoms with Crippen molar-refractivity contribution in [3.05, 3.63) is 48.1 Å². The number of amides is 1. The zero-order chi connectivity index (χ0) is 14.8. The number of hydrogen-bond donors (Lipinski definition) is 1. The largest absolute Gasteiger partial charge is 0.359 e. The van der Waals surface area contributed by atoms with Crippen LogP contribution in [0.25, 0.3) is 11.0 Å². The number of imidazole rings is 1. The van der Waals surface area contributed by atoms with Crippen molar-refractivity contribution in [2.45, 2.75) is 26.4 Å². The van der Waals surface area contributed by atoms with Gasteiger partial charge in [-0.3, -0.25) is 4.79 Å². The highest BCUT2D eigenvalue weighted by Crippen LogP contribution is 2.17. The number of nitrogens with zero attached hydrogens (tertiary/aromatic N) is 3. The van der Waals surface area contributed by atoms with Crippen LogP contribution in [0.1, 0.15) is 24.4 Å². The molecule has 0 aliphatic rings. The number of benzene rings is 1. The van der Waals surface area contributed by atoms with Gasteiger partial charge in [0.15, 0.2) is 5.76 Å². The predicted molar refractivity (Wildman–Crippen MR) is 77.5 cm³/mol. The maximum atomic E-state index is 12.2. The first kappa shape index (κ1) is 13.4. The molecule has 0 unspecified atom stereocenters. The third kappa shape index (κ3) is 2.65. The Kier molecular flexibility index (Phi) is 3.43. The van der Waals surface area contributed by atoms with Crippen LogP contribution >= 0.6 is 0 Å². The topological polar surface area (TPSA) is 73.0 Å². The summed E-state index contributed by atoms with van der Waals surface area (Å²) in [6.45, 7) is 4.01. The van der Waals surface area contributed by atoms with E-state index in [1.807, 2.05) is 42.7 Å². The summed E-state index contributed by atoms with van der Waals surface area (Å²) in [6.07, 6.45) is 1.69. The molecule has 3 aromatic rings. The summed E-state index contributed by atoms with van der Waals surface area (Å²) >= 11 is 0. The van der Waals surface area contributed by atoms with Crippen LogP contribution in [0.15, 0.2) is 41.2 Å². The van der Waals surface area contributed by atoms with E-state index >= 15 is 0 Å². The number of rotatable bonds is 4. The Balaban J connectivity index is 1.72. The first-order chi connectivity index (χ1) is 10.1. The van der Waals surface area contributed by atoms with Crippen molar-refractivity contribution in [1.82, 2.24) is 20.0 Å². The summed E-state index contributed by atoms with van der Waals surface area (Å²) in [5.74, 6) is 0.552. The van der Waals surface area contributed by atoms with Gasteiger partial charge < -0.3 is 14.4 Å². The minimum atomic E-state index is -0.346. The summed E-state index contributed by atoms with van der Waals surface area (Å²) < 4.78 is 6.93. The van der Waals surface area contributed by atoms with E-state index in [2.05, 4.69) is 15.5 Å². The SMILES string of the molecule is Cc1cc(CNC(=O)[C@H](C)n2cnc3ccccc32)on1. The van der Waals surface area contributed by atoms with Gasteiger partial charge in [-0.1, -0.05) is 17.3 Å². The van der Waals surface area contributed by atoms with Crippen LogP contribution in [0.5, 0.6) is 0 Å². The standard InChI is InChI=1S/C15H16N4O2/c1-10-7-12(21-18-10)8-16-15(20)11(2)19-9-17-13-5-3-4-6-14(13)19/h3-7,9,11H,8H2,1-2H3,(H,16,20)/t11-/m0/s1. The second-order valence-electron chi connectivity index (χ2n) is 4.97. The average molecular weight is 284 g/mol. The van der Waals surface area contributed by atoms with Crippen molar-refractivity contribution < 1.29 is 9.32 Å². The molecule has 0 saturated carbocycles. The molecule has 1 N–H and O–H groups in total. The highest BCUT2D eigenvalue weighted by Gasteiger charge is 2.17. The van der Waals surface area contributed by atoms with Crippen molar-refractivity contribution in [1.29, 1.82) is 0 Å². The maximum Gasteiger partial charge on any atom is 0.243 e. The molecule has 2 aromatic heterocycles. The smallest absolute Gasteiger partial charge is 0.243 e. The lowest BCUT2D eigenvalue weighted by Crippen LogP contribution is -2.30. The molecule has 0 fully saturated rings. The molecule has 0 spiro atoms. The van der Waals surface area contributed by atoms with Gasteiger partial charge in [-0.25, -0.2) is 4.98 Å². The van der Waals surface area contributed by atoms with Crippen LogP contribution in [0.3, 0.4) is 0 Å². The van der Waals surface area contributed by atoms with Crippen LogP contribution in [-0.4, -0.2) is 20.6 Å². The molecule has 6 heteroatoms. The molecule has 0 radical (unpaired) electrons. The molecular formula is C15H16N4O2. The predicted octanol–water partition coefficient (Wildman–Crippen LogP) is 2.21. The number of aromatic nitrogens is 3. The van der Waals surface area contributed by atoms with E-state index in [4.69, 9.17) is 4.52 Å². The Bertz CT molecular complexity index is 775. The van der Waals surface area contributed by atoms with E-state index in [-0.39, 0.29) is 11.9 Å². The van der Waals surface area contributed by atoms with Crippen LogP contribution in [0, 0.1) is 6.92 Å². The van der Waals surface area contributed by atoms with Gasteiger partial charge in [-0.05, 0) is 26.0 Å². The zero-order valence-corrected chi connectivity index (χ0v) is 11.9. The molecule has 21 heavy (non-hydrogen) atoms. The van der Waals surface area contributed by atoms with Gasteiger partial charge in [-0.2, -0.15) is 0 Å². The van der Waals surface area contributed by atoms with Crippen LogP contribution in [0.2, 0.25) is 0 Å². The molecule has 3 rings (SSSR count). The Morgan fingerprint density at radius 2 is 2.24 bits per heavy atom. The van der Waals surface area contributed by atoms with Crippen molar-refractivity contribution in [3.63, 3.8) is 0 Å². The van der Waals surface area contributed by atoms with Gasteiger partial charge in [-0.15, -0.1) is 0 Å². The van der Waals surface area contributed by atoms with E-state index in [1.54, 1.807) is 12.4 Å². The second-order valence-corrected chi connectivity index (χ2v) is 4.97. The normalized spacial score (nSPS) is 12.5. The molecule has 0 aliphatic carbocycles. The third-order valence-electron chi connectivity index (χ3n) is 3.39. The van der Waals surface area contributed by atoms with Gasteiger partial charge in [0.1, 0.15) is 6.04 Å². The summed E-state index contributed by atoms with van der Waals surface area (Å²) in [5, 5.41) is 6.63. The number of carbonyl (C=O) groups is 1. The molecule has 108 valence electrons. The number of carbonyl (C=O) groups excluding carboxylic acids is 1. The summed E-state index contributed by atoms with van der Waals surface area (Å²) in [7, 11) is 0. The zero-order valence-electron chi connectivity index (χ0n) is 11.9. The summed E-state index contributed by atoms with van der Waals surface area (Å²) in [6, 6.07) is 9.19. The molecule has 1 atom stereocenters. The van der Waals surface area contributed by atoms with Crippen LogP contribution in [0.4, 0.5) is 0 Å². The molecule has 2 heterocycles. The maximum absolute atomic E-state index is 12.2. The lowest BCUT2D eigenvalue weighted by atomic mass is 10.2. The quantitative estimate of drug-likeness (QED) is 0.797. The Hall–Kier alpha value is -2.63. The third-order valence-corrected chi connectivity index (χ3v) is 3.39. The monoisotopic (exact) mass is 284 g/mol. The highest BCUT2D eigenvalue weighted by molar-refractivity contribution is 5.83. The second kappa shape index (κ2) is 5.40. The minimum absolute atomic E-state index is 0.0905. The van der Waals surface area contributed by atoms with E-state index in [1.165, 1.54) is 0 Å². The lowest BCUT2D eigenvalue weighted by molar-refractivity contribution is -0.124. The van der Waals surface area contributed by atoms with Crippen molar-refractivity contribution >= 4 is 16.9 Å². The lowest BCUT2D eigenvalue weighted by Gasteiger charge is -2.13. The highest BCUT2D eigenvalue weighted by atomic mass is 16.5. The molecule has 1 aromatic carbocycles. The van der Waals surface area contributed by atoms with Gasteiger partial charge in [0.05, 0.1) is 29.6 Å². The fourth-order valence-electron chi connectivity index (χ4n) is 2.23. The van der Waals surface area contributed by atoms with Crippen molar-refractivity contribution in [2.75, 3.05) is 0 Å². The van der Waals surface area contributed by atoms with Crippen LogP contribution < -0.4 is 5.32 Å². The van der Waals surface area contributed by atoms with Crippen LogP contribution in [-0.2, 0) is 11.3 Å². The Morgan fingerprint density at radius 1 is 1.43 bits per heavy atom. The summed E-state index contributed by atoms with van der Waals surface area (Å²) in [5.41, 5.74) is 2.62. The molecule has 0 bridgehead atoms. The minimum Gasteiger partial charge on any atom is -0.359 e. The Morgan fingerprint density at radius 3 is 3.00 bits per heavy atom. The van der Waals surface area contributed by atoms with Crippen molar-refractivity contribution in [3.8, 4) is 0 Å². The van der Waals surface area contributed by atoms with Gasteiger partial charge in [0.25, 0.3) is 0 Å². The average Bonchev–Trinajstić information content (AvgIpc) is 3.10. The number of para-hydroxylation sites is 2. The van der Waals surface area contributed by atoms with E-state index in [0.717, 1.165) is 16.7 Å². The van der Waals surface area contributed by atoms with E-state index < -0.39 is 0 Å². The number of hydrogen-bond acceptors (Lipinski definition) is 4. The molecule has 0 saturated heterocycles. The summed E-state index contributed by atoms with van der Waals surface area (Å²) in [4.78, 5) is 16.5. The number of aryl methyl sites for hydroxylation is 1. The van der Waals surface area contributed by atoms with E-state index in [0.29, 0.717) is 12.3 Å². The van der Waals surface area contributed by atoms with Gasteiger partial charge in [0, 0.05) is 6.07 Å². The molecule has 1 amide bonds. The molecular weight excluding hydrogens is 268 g/mol. The first-order valence-electron chi connectivity index (χ1n) is 6.76. The first-order valence-corrected chi connectivity index (χ1v) is 6.76. The van der Waals surface area contributed by atoms with E-state index in [9.17, 15) is 4.79 Å². The number of nitrogens with one attached hydrogen (secondary N) is 1. The fourth-order valence-corrected chi connectivity index (χ4v) is 2.23. The van der Waals surface area contributed by atoms with Gasteiger partial charge in [0.2, 0.25) is 5.91 Å². The number of fused-ring (bicyclic) bond motifs is 1. The molecule has 0 aliphatic heterocycles. The fraction of sp³-hybridized carbons (Fsp3) is 0.267. The van der Waals surface area contributed by atoms with Gasteiger partial charge >= 0.3 is 0 Å².